The van der Waals surface area contributed by atoms with Crippen molar-refractivity contribution < 1.29 is 0 Å². The molecular formula is C17H13ClN2. The first-order chi connectivity index (χ1) is 9.83. The van der Waals surface area contributed by atoms with Crippen LogP contribution in [-0.2, 0) is 12.8 Å². The molecular weight excluding hydrogens is 268 g/mol. The van der Waals surface area contributed by atoms with Crippen molar-refractivity contribution in [1.29, 1.82) is 0 Å². The largest absolute Gasteiger partial charge is 0.233 e. The number of nitrogens with zero attached hydrogens (tertiary/aromatic N) is 2. The predicted molar refractivity (Wildman–Crippen MR) is 81.4 cm³/mol. The molecule has 0 saturated carbocycles. The molecule has 0 unspecified atom stereocenters. The summed E-state index contributed by atoms with van der Waals surface area (Å²) in [5.74, 6) is 0. The topological polar surface area (TPSA) is 17.8 Å². The molecule has 98 valence electrons. The van der Waals surface area contributed by atoms with Crippen LogP contribution >= 0.6 is 11.6 Å². The summed E-state index contributed by atoms with van der Waals surface area (Å²) in [6, 6.07) is 16.4. The van der Waals surface area contributed by atoms with Gasteiger partial charge in [0.05, 0.1) is 17.6 Å². The van der Waals surface area contributed by atoms with E-state index in [-0.39, 0.29) is 0 Å². The Morgan fingerprint density at radius 3 is 2.60 bits per heavy atom. The van der Waals surface area contributed by atoms with Crippen LogP contribution in [0.3, 0.4) is 0 Å². The minimum atomic E-state index is 0.804. The third kappa shape index (κ3) is 1.76. The SMILES string of the molecule is Clc1ccc2c(c1)CCc1cnn(-c3ccccc3)c1-2. The molecule has 2 nitrogen and oxygen atoms in total. The zero-order chi connectivity index (χ0) is 13.5. The highest BCUT2D eigenvalue weighted by Gasteiger charge is 2.21. The summed E-state index contributed by atoms with van der Waals surface area (Å²) in [4.78, 5) is 0. The second kappa shape index (κ2) is 4.50. The van der Waals surface area contributed by atoms with E-state index in [9.17, 15) is 0 Å². The molecule has 0 saturated heterocycles. The molecule has 3 heteroatoms. The number of aryl methyl sites for hydroxylation is 2. The number of rotatable bonds is 1. The van der Waals surface area contributed by atoms with Crippen LogP contribution in [0.25, 0.3) is 16.9 Å². The summed E-state index contributed by atoms with van der Waals surface area (Å²) < 4.78 is 2.03. The van der Waals surface area contributed by atoms with Gasteiger partial charge in [0, 0.05) is 10.6 Å². The van der Waals surface area contributed by atoms with Crippen molar-refractivity contribution in [3.63, 3.8) is 0 Å². The van der Waals surface area contributed by atoms with E-state index < -0.39 is 0 Å². The molecule has 1 heterocycles. The van der Waals surface area contributed by atoms with Crippen molar-refractivity contribution in [1.82, 2.24) is 9.78 Å². The number of benzene rings is 2. The Bertz CT molecular complexity index is 775. The van der Waals surface area contributed by atoms with E-state index in [2.05, 4.69) is 29.4 Å². The lowest BCUT2D eigenvalue weighted by molar-refractivity contribution is 0.876. The van der Waals surface area contributed by atoms with Gasteiger partial charge in [0.1, 0.15) is 0 Å². The first-order valence-corrected chi connectivity index (χ1v) is 7.12. The smallest absolute Gasteiger partial charge is 0.0775 e. The average Bonchev–Trinajstić information content (AvgIpc) is 2.92. The molecule has 0 radical (unpaired) electrons. The predicted octanol–water partition coefficient (Wildman–Crippen LogP) is 4.29. The Kier molecular flexibility index (Phi) is 2.64. The quantitative estimate of drug-likeness (QED) is 0.650. The molecule has 3 aromatic rings. The van der Waals surface area contributed by atoms with Gasteiger partial charge < -0.3 is 0 Å². The fraction of sp³-hybridized carbons (Fsp3) is 0.118. The zero-order valence-corrected chi connectivity index (χ0v) is 11.6. The monoisotopic (exact) mass is 280 g/mol. The lowest BCUT2D eigenvalue weighted by atomic mass is 9.90. The Morgan fingerprint density at radius 1 is 0.950 bits per heavy atom. The van der Waals surface area contributed by atoms with Gasteiger partial charge in [0.15, 0.2) is 0 Å². The highest BCUT2D eigenvalue weighted by Crippen LogP contribution is 2.36. The van der Waals surface area contributed by atoms with Gasteiger partial charge in [-0.05, 0) is 48.2 Å². The van der Waals surface area contributed by atoms with Crippen LogP contribution in [0.4, 0.5) is 0 Å². The summed E-state index contributed by atoms with van der Waals surface area (Å²) >= 11 is 6.11. The van der Waals surface area contributed by atoms with Crippen LogP contribution < -0.4 is 0 Å². The third-order valence-corrected chi connectivity index (χ3v) is 4.07. The van der Waals surface area contributed by atoms with Crippen LogP contribution in [0.1, 0.15) is 11.1 Å². The lowest BCUT2D eigenvalue weighted by Crippen LogP contribution is -2.07. The summed E-state index contributed by atoms with van der Waals surface area (Å²) in [6.07, 6.45) is 4.04. The standard InChI is InChI=1S/C17H13ClN2/c18-14-8-9-16-12(10-14)6-7-13-11-19-20(17(13)16)15-4-2-1-3-5-15/h1-5,8-11H,6-7H2. The molecule has 0 atom stereocenters. The molecule has 1 aromatic heterocycles. The highest BCUT2D eigenvalue weighted by molar-refractivity contribution is 6.30. The number of aromatic nitrogens is 2. The number of fused-ring (bicyclic) bond motifs is 3. The van der Waals surface area contributed by atoms with Gasteiger partial charge in [0.2, 0.25) is 0 Å². The summed E-state index contributed by atoms with van der Waals surface area (Å²) in [5, 5.41) is 5.38. The Labute approximate surface area is 122 Å². The number of hydrogen-bond donors (Lipinski definition) is 0. The van der Waals surface area contributed by atoms with Gasteiger partial charge in [0.25, 0.3) is 0 Å². The normalized spacial score (nSPS) is 12.8. The maximum atomic E-state index is 6.11. The van der Waals surface area contributed by atoms with Gasteiger partial charge in [-0.1, -0.05) is 35.9 Å². The highest BCUT2D eigenvalue weighted by atomic mass is 35.5. The van der Waals surface area contributed by atoms with Gasteiger partial charge in [-0.2, -0.15) is 5.10 Å². The molecule has 1 aliphatic rings. The lowest BCUT2D eigenvalue weighted by Gasteiger charge is -2.18. The van der Waals surface area contributed by atoms with E-state index in [1.54, 1.807) is 0 Å². The fourth-order valence-electron chi connectivity index (χ4n) is 2.89. The Hall–Kier alpha value is -2.06. The van der Waals surface area contributed by atoms with Gasteiger partial charge in [-0.3, -0.25) is 0 Å². The van der Waals surface area contributed by atoms with Crippen molar-refractivity contribution in [2.75, 3.05) is 0 Å². The number of hydrogen-bond acceptors (Lipinski definition) is 1. The van der Waals surface area contributed by atoms with E-state index in [0.29, 0.717) is 0 Å². The molecule has 0 fully saturated rings. The van der Waals surface area contributed by atoms with E-state index >= 15 is 0 Å². The average molecular weight is 281 g/mol. The molecule has 1 aliphatic carbocycles. The first-order valence-electron chi connectivity index (χ1n) is 6.74. The van der Waals surface area contributed by atoms with Crippen LogP contribution in [0.15, 0.2) is 54.7 Å². The van der Waals surface area contributed by atoms with Crippen molar-refractivity contribution >= 4 is 11.6 Å². The van der Waals surface area contributed by atoms with E-state index in [1.165, 1.54) is 22.4 Å². The molecule has 0 aliphatic heterocycles. The number of halogens is 1. The zero-order valence-electron chi connectivity index (χ0n) is 10.9. The minimum Gasteiger partial charge on any atom is -0.233 e. The molecule has 20 heavy (non-hydrogen) atoms. The van der Waals surface area contributed by atoms with Crippen molar-refractivity contribution in [2.24, 2.45) is 0 Å². The maximum absolute atomic E-state index is 6.11. The molecule has 0 bridgehead atoms. The van der Waals surface area contributed by atoms with Gasteiger partial charge >= 0.3 is 0 Å². The van der Waals surface area contributed by atoms with E-state index in [0.717, 1.165) is 23.6 Å². The minimum absolute atomic E-state index is 0.804. The Balaban J connectivity index is 1.96. The van der Waals surface area contributed by atoms with E-state index in [4.69, 9.17) is 11.6 Å². The molecule has 2 aromatic carbocycles. The van der Waals surface area contributed by atoms with Gasteiger partial charge in [-0.15, -0.1) is 0 Å². The molecule has 0 amide bonds. The van der Waals surface area contributed by atoms with Crippen LogP contribution in [0.2, 0.25) is 5.02 Å². The van der Waals surface area contributed by atoms with Crippen LogP contribution in [0.5, 0.6) is 0 Å². The second-order valence-electron chi connectivity index (χ2n) is 5.07. The molecule has 0 spiro atoms. The summed E-state index contributed by atoms with van der Waals surface area (Å²) in [7, 11) is 0. The molecule has 4 rings (SSSR count). The summed E-state index contributed by atoms with van der Waals surface area (Å²) in [6.45, 7) is 0. The van der Waals surface area contributed by atoms with Crippen LogP contribution in [-0.4, -0.2) is 9.78 Å². The van der Waals surface area contributed by atoms with Crippen molar-refractivity contribution in [2.45, 2.75) is 12.8 Å². The van der Waals surface area contributed by atoms with Crippen LogP contribution in [0, 0.1) is 0 Å². The third-order valence-electron chi connectivity index (χ3n) is 3.83. The molecule has 0 N–H and O–H groups in total. The maximum Gasteiger partial charge on any atom is 0.0775 e. The van der Waals surface area contributed by atoms with Gasteiger partial charge in [-0.25, -0.2) is 4.68 Å². The first kappa shape index (κ1) is 11.7. The number of para-hydroxylation sites is 1. The van der Waals surface area contributed by atoms with Crippen molar-refractivity contribution in [3.8, 4) is 16.9 Å². The van der Waals surface area contributed by atoms with E-state index in [1.807, 2.05) is 35.1 Å². The van der Waals surface area contributed by atoms with Crippen molar-refractivity contribution in [3.05, 3.63) is 70.9 Å². The second-order valence-corrected chi connectivity index (χ2v) is 5.50. The fourth-order valence-corrected chi connectivity index (χ4v) is 3.08. The Morgan fingerprint density at radius 2 is 1.75 bits per heavy atom. The summed E-state index contributed by atoms with van der Waals surface area (Å²) in [5.41, 5.74) is 6.16.